The molecule has 0 saturated heterocycles. The van der Waals surface area contributed by atoms with Gasteiger partial charge in [0.15, 0.2) is 11.5 Å². The molecule has 2 aromatic rings. The Morgan fingerprint density at radius 3 is 2.85 bits per heavy atom. The number of rotatable bonds is 3. The summed E-state index contributed by atoms with van der Waals surface area (Å²) in [6.45, 7) is 2.20. The van der Waals surface area contributed by atoms with E-state index in [0.717, 1.165) is 20.8 Å². The molecular weight excluding hydrogens is 342 g/mol. The number of benzene rings is 1. The number of amides is 1. The fraction of sp³-hybridized carbons (Fsp3) is 0.214. The van der Waals surface area contributed by atoms with Crippen molar-refractivity contribution in [3.63, 3.8) is 0 Å². The second-order valence-electron chi connectivity index (χ2n) is 4.41. The molecule has 104 valence electrons. The Morgan fingerprint density at radius 2 is 2.10 bits per heavy atom. The third-order valence-corrected chi connectivity index (χ3v) is 4.66. The van der Waals surface area contributed by atoms with Crippen LogP contribution >= 0.6 is 27.3 Å². The van der Waals surface area contributed by atoms with Crippen LogP contribution < -0.4 is 14.8 Å². The third-order valence-electron chi connectivity index (χ3n) is 3.04. The maximum atomic E-state index is 12.1. The number of hydrogen-bond donors (Lipinski definition) is 1. The summed E-state index contributed by atoms with van der Waals surface area (Å²) in [6.07, 6.45) is 0. The zero-order chi connectivity index (χ0) is 14.1. The van der Waals surface area contributed by atoms with Crippen LogP contribution in [0.2, 0.25) is 0 Å². The van der Waals surface area contributed by atoms with Crippen molar-refractivity contribution >= 4 is 33.2 Å². The molecule has 0 radical (unpaired) electrons. The van der Waals surface area contributed by atoms with Crippen LogP contribution in [0.4, 0.5) is 0 Å². The van der Waals surface area contributed by atoms with Gasteiger partial charge in [0.2, 0.25) is 6.79 Å². The fourth-order valence-corrected chi connectivity index (χ4v) is 3.26. The Hall–Kier alpha value is -1.53. The van der Waals surface area contributed by atoms with E-state index in [1.165, 1.54) is 11.3 Å². The lowest BCUT2D eigenvalue weighted by atomic mass is 10.1. The van der Waals surface area contributed by atoms with E-state index in [9.17, 15) is 4.79 Å². The molecular formula is C14H12BrNO3S. The molecule has 1 N–H and O–H groups in total. The molecule has 20 heavy (non-hydrogen) atoms. The quantitative estimate of drug-likeness (QED) is 0.914. The molecule has 0 fully saturated rings. The molecule has 1 atom stereocenters. The highest BCUT2D eigenvalue weighted by atomic mass is 79.9. The van der Waals surface area contributed by atoms with Crippen LogP contribution in [-0.4, -0.2) is 12.7 Å². The monoisotopic (exact) mass is 353 g/mol. The van der Waals surface area contributed by atoms with E-state index in [2.05, 4.69) is 21.2 Å². The first-order valence-electron chi connectivity index (χ1n) is 6.09. The van der Waals surface area contributed by atoms with Gasteiger partial charge in [-0.1, -0.05) is 6.07 Å². The number of halogens is 1. The maximum Gasteiger partial charge on any atom is 0.261 e. The molecule has 0 aliphatic carbocycles. The number of ether oxygens (including phenoxy) is 2. The molecule has 3 rings (SSSR count). The van der Waals surface area contributed by atoms with Crippen LogP contribution in [0, 0.1) is 0 Å². The maximum absolute atomic E-state index is 12.1. The summed E-state index contributed by atoms with van der Waals surface area (Å²) in [6, 6.07) is 9.27. The molecule has 1 aromatic heterocycles. The van der Waals surface area contributed by atoms with Crippen LogP contribution in [0.1, 0.15) is 28.2 Å². The molecule has 6 heteroatoms. The number of nitrogens with one attached hydrogen (secondary N) is 1. The van der Waals surface area contributed by atoms with Gasteiger partial charge in [-0.05, 0) is 52.7 Å². The van der Waals surface area contributed by atoms with Crippen LogP contribution in [0.3, 0.4) is 0 Å². The van der Waals surface area contributed by atoms with Crippen molar-refractivity contribution in [3.8, 4) is 11.5 Å². The van der Waals surface area contributed by atoms with Crippen LogP contribution in [0.15, 0.2) is 34.1 Å². The lowest BCUT2D eigenvalue weighted by Gasteiger charge is -2.14. The van der Waals surface area contributed by atoms with Gasteiger partial charge in [0.1, 0.15) is 0 Å². The Bertz CT molecular complexity index is 656. The lowest BCUT2D eigenvalue weighted by Crippen LogP contribution is -2.25. The number of thiophene rings is 1. The van der Waals surface area contributed by atoms with E-state index in [-0.39, 0.29) is 18.7 Å². The van der Waals surface area contributed by atoms with E-state index >= 15 is 0 Å². The van der Waals surface area contributed by atoms with E-state index < -0.39 is 0 Å². The van der Waals surface area contributed by atoms with Gasteiger partial charge in [-0.3, -0.25) is 4.79 Å². The molecule has 0 spiro atoms. The van der Waals surface area contributed by atoms with Crippen LogP contribution in [0.5, 0.6) is 11.5 Å². The molecule has 0 bridgehead atoms. The van der Waals surface area contributed by atoms with Crippen molar-refractivity contribution in [2.24, 2.45) is 0 Å². The van der Waals surface area contributed by atoms with Gasteiger partial charge in [-0.15, -0.1) is 11.3 Å². The molecule has 4 nitrogen and oxygen atoms in total. The highest BCUT2D eigenvalue weighted by Crippen LogP contribution is 2.34. The van der Waals surface area contributed by atoms with Crippen LogP contribution in [0.25, 0.3) is 0 Å². The largest absolute Gasteiger partial charge is 0.454 e. The van der Waals surface area contributed by atoms with Gasteiger partial charge in [0, 0.05) is 0 Å². The smallest absolute Gasteiger partial charge is 0.261 e. The standard InChI is InChI=1S/C14H12BrNO3S/c1-8(16-14(17)12-4-5-13(15)20-12)9-2-3-10-11(6-9)19-7-18-10/h2-6,8H,7H2,1H3,(H,16,17). The Balaban J connectivity index is 1.73. The van der Waals surface area contributed by atoms with E-state index in [1.54, 1.807) is 6.07 Å². The van der Waals surface area contributed by atoms with Gasteiger partial charge in [-0.2, -0.15) is 0 Å². The molecule has 0 saturated carbocycles. The summed E-state index contributed by atoms with van der Waals surface area (Å²) in [7, 11) is 0. The van der Waals surface area contributed by atoms with Gasteiger partial charge >= 0.3 is 0 Å². The average Bonchev–Trinajstić information content (AvgIpc) is 3.05. The molecule has 1 aliphatic rings. The fourth-order valence-electron chi connectivity index (χ4n) is 1.97. The van der Waals surface area contributed by atoms with E-state index in [1.807, 2.05) is 31.2 Å². The summed E-state index contributed by atoms with van der Waals surface area (Å²) in [5.41, 5.74) is 0.984. The van der Waals surface area contributed by atoms with Crippen molar-refractivity contribution in [1.82, 2.24) is 5.32 Å². The van der Waals surface area contributed by atoms with Crippen molar-refractivity contribution in [1.29, 1.82) is 0 Å². The summed E-state index contributed by atoms with van der Waals surface area (Å²) in [5.74, 6) is 1.39. The first kappa shape index (κ1) is 13.5. The van der Waals surface area contributed by atoms with Crippen LogP contribution in [-0.2, 0) is 0 Å². The van der Waals surface area contributed by atoms with E-state index in [4.69, 9.17) is 9.47 Å². The zero-order valence-corrected chi connectivity index (χ0v) is 13.1. The minimum Gasteiger partial charge on any atom is -0.454 e. The SMILES string of the molecule is CC(NC(=O)c1ccc(Br)s1)c1ccc2c(c1)OCO2. The van der Waals surface area contributed by atoms with Gasteiger partial charge in [0.05, 0.1) is 14.7 Å². The molecule has 1 unspecified atom stereocenters. The second kappa shape index (κ2) is 5.46. The molecule has 1 aromatic carbocycles. The Kier molecular flexibility index (Phi) is 3.67. The Morgan fingerprint density at radius 1 is 1.30 bits per heavy atom. The van der Waals surface area contributed by atoms with Crippen molar-refractivity contribution in [2.75, 3.05) is 6.79 Å². The summed E-state index contributed by atoms with van der Waals surface area (Å²) in [4.78, 5) is 12.8. The normalized spacial score (nSPS) is 14.1. The summed E-state index contributed by atoms with van der Waals surface area (Å²) < 4.78 is 11.6. The van der Waals surface area contributed by atoms with Crippen molar-refractivity contribution in [3.05, 3.63) is 44.6 Å². The highest BCUT2D eigenvalue weighted by molar-refractivity contribution is 9.11. The Labute approximate surface area is 128 Å². The van der Waals surface area contributed by atoms with E-state index in [0.29, 0.717) is 4.88 Å². The number of fused-ring (bicyclic) bond motifs is 1. The van der Waals surface area contributed by atoms with Gasteiger partial charge < -0.3 is 14.8 Å². The van der Waals surface area contributed by atoms with Crippen molar-refractivity contribution in [2.45, 2.75) is 13.0 Å². The lowest BCUT2D eigenvalue weighted by molar-refractivity contribution is 0.0944. The molecule has 1 aliphatic heterocycles. The minimum atomic E-state index is -0.0992. The predicted molar refractivity (Wildman–Crippen MR) is 80.5 cm³/mol. The highest BCUT2D eigenvalue weighted by Gasteiger charge is 2.17. The van der Waals surface area contributed by atoms with Gasteiger partial charge in [-0.25, -0.2) is 0 Å². The number of hydrogen-bond acceptors (Lipinski definition) is 4. The molecule has 1 amide bonds. The predicted octanol–water partition coefficient (Wildman–Crippen LogP) is 3.73. The first-order chi connectivity index (χ1) is 9.63. The second-order valence-corrected chi connectivity index (χ2v) is 6.87. The van der Waals surface area contributed by atoms with Crippen molar-refractivity contribution < 1.29 is 14.3 Å². The topological polar surface area (TPSA) is 47.6 Å². The summed E-state index contributed by atoms with van der Waals surface area (Å²) >= 11 is 4.77. The van der Waals surface area contributed by atoms with Gasteiger partial charge in [0.25, 0.3) is 5.91 Å². The molecule has 2 heterocycles. The zero-order valence-electron chi connectivity index (χ0n) is 10.7. The average molecular weight is 354 g/mol. The number of carbonyl (C=O) groups excluding carboxylic acids is 1. The third kappa shape index (κ3) is 2.66. The number of carbonyl (C=O) groups is 1. The first-order valence-corrected chi connectivity index (χ1v) is 7.70. The summed E-state index contributed by atoms with van der Waals surface area (Å²) in [5, 5.41) is 2.97. The minimum absolute atomic E-state index is 0.0779.